The predicted octanol–water partition coefficient (Wildman–Crippen LogP) is 4.18. The number of rotatable bonds is 7. The first kappa shape index (κ1) is 15.4. The number of aryl methyl sites for hydroxylation is 1. The molecule has 2 rings (SSSR count). The van der Waals surface area contributed by atoms with Crippen LogP contribution in [-0.4, -0.2) is 18.7 Å². The molecule has 20 heavy (non-hydrogen) atoms. The third-order valence-electron chi connectivity index (χ3n) is 4.65. The van der Waals surface area contributed by atoms with E-state index in [0.29, 0.717) is 12.1 Å². The van der Waals surface area contributed by atoms with Crippen LogP contribution in [0, 0.1) is 5.41 Å². The summed E-state index contributed by atoms with van der Waals surface area (Å²) in [4.78, 5) is 0. The Bertz CT molecular complexity index is 410. The van der Waals surface area contributed by atoms with E-state index in [1.54, 1.807) is 0 Å². The number of hydrogen-bond acceptors (Lipinski definition) is 2. The van der Waals surface area contributed by atoms with Crippen LogP contribution < -0.4 is 10.1 Å². The highest BCUT2D eigenvalue weighted by molar-refractivity contribution is 5.28. The smallest absolute Gasteiger partial charge is 0.119 e. The fourth-order valence-corrected chi connectivity index (χ4v) is 2.96. The highest BCUT2D eigenvalue weighted by Gasteiger charge is 2.49. The van der Waals surface area contributed by atoms with Crippen molar-refractivity contribution in [3.8, 4) is 5.75 Å². The van der Waals surface area contributed by atoms with E-state index in [2.05, 4.69) is 57.3 Å². The van der Waals surface area contributed by atoms with E-state index in [0.717, 1.165) is 18.7 Å². The summed E-state index contributed by atoms with van der Waals surface area (Å²) in [7, 11) is 0. The molecular formula is C18H29NO. The van der Waals surface area contributed by atoms with Crippen LogP contribution in [0.5, 0.6) is 5.75 Å². The van der Waals surface area contributed by atoms with Gasteiger partial charge in [0.1, 0.15) is 11.9 Å². The minimum atomic E-state index is 0.219. The van der Waals surface area contributed by atoms with Gasteiger partial charge in [-0.05, 0) is 37.1 Å². The maximum atomic E-state index is 6.16. The second-order valence-electron chi connectivity index (χ2n) is 6.52. The summed E-state index contributed by atoms with van der Waals surface area (Å²) >= 11 is 0. The Morgan fingerprint density at radius 2 is 1.90 bits per heavy atom. The van der Waals surface area contributed by atoms with Crippen molar-refractivity contribution in [2.45, 2.75) is 65.5 Å². The molecule has 1 aliphatic rings. The third-order valence-corrected chi connectivity index (χ3v) is 4.65. The molecule has 0 saturated heterocycles. The predicted molar refractivity (Wildman–Crippen MR) is 85.3 cm³/mol. The minimum Gasteiger partial charge on any atom is -0.490 e. The summed E-state index contributed by atoms with van der Waals surface area (Å²) in [6.07, 6.45) is 5.13. The van der Waals surface area contributed by atoms with Crippen LogP contribution in [0.1, 0.15) is 52.5 Å². The Kier molecular flexibility index (Phi) is 5.09. The number of benzene rings is 1. The van der Waals surface area contributed by atoms with Crippen molar-refractivity contribution in [1.82, 2.24) is 5.32 Å². The Morgan fingerprint density at radius 1 is 1.20 bits per heavy atom. The molecule has 1 aromatic carbocycles. The third kappa shape index (κ3) is 3.35. The first-order valence-electron chi connectivity index (χ1n) is 8.07. The largest absolute Gasteiger partial charge is 0.490 e. The molecule has 1 aromatic rings. The van der Waals surface area contributed by atoms with Gasteiger partial charge >= 0.3 is 0 Å². The van der Waals surface area contributed by atoms with Crippen LogP contribution >= 0.6 is 0 Å². The molecule has 2 atom stereocenters. The first-order valence-corrected chi connectivity index (χ1v) is 8.07. The molecule has 0 radical (unpaired) electrons. The van der Waals surface area contributed by atoms with Crippen molar-refractivity contribution >= 4 is 0 Å². The van der Waals surface area contributed by atoms with Gasteiger partial charge in [-0.3, -0.25) is 0 Å². The molecule has 1 fully saturated rings. The lowest BCUT2D eigenvalue weighted by molar-refractivity contribution is -0.0541. The quantitative estimate of drug-likeness (QED) is 0.806. The van der Waals surface area contributed by atoms with Crippen LogP contribution in [0.2, 0.25) is 0 Å². The Balaban J connectivity index is 1.88. The van der Waals surface area contributed by atoms with Crippen molar-refractivity contribution in [3.63, 3.8) is 0 Å². The molecule has 0 aromatic heterocycles. The highest BCUT2D eigenvalue weighted by Crippen LogP contribution is 2.43. The molecule has 2 heteroatoms. The summed E-state index contributed by atoms with van der Waals surface area (Å²) < 4.78 is 6.16. The molecular weight excluding hydrogens is 246 g/mol. The van der Waals surface area contributed by atoms with Gasteiger partial charge in [-0.15, -0.1) is 0 Å². The van der Waals surface area contributed by atoms with Gasteiger partial charge in [0.15, 0.2) is 0 Å². The van der Waals surface area contributed by atoms with Gasteiger partial charge in [-0.1, -0.05) is 46.2 Å². The SMILES string of the molecule is CCCCc1ccc(OC2CC(NCC)C2(C)C)cc1. The maximum Gasteiger partial charge on any atom is 0.119 e. The topological polar surface area (TPSA) is 21.3 Å². The standard InChI is InChI=1S/C18H29NO/c1-5-7-8-14-9-11-15(12-10-14)20-17-13-16(19-6-2)18(17,3)4/h9-12,16-17,19H,5-8,13H2,1-4H3. The van der Waals surface area contributed by atoms with E-state index >= 15 is 0 Å². The van der Waals surface area contributed by atoms with Crippen LogP contribution in [0.25, 0.3) is 0 Å². The highest BCUT2D eigenvalue weighted by atomic mass is 16.5. The molecule has 1 aliphatic carbocycles. The van der Waals surface area contributed by atoms with Gasteiger partial charge in [-0.25, -0.2) is 0 Å². The number of nitrogens with one attached hydrogen (secondary N) is 1. The molecule has 0 amide bonds. The lowest BCUT2D eigenvalue weighted by Gasteiger charge is -2.51. The average molecular weight is 275 g/mol. The molecule has 1 N–H and O–H groups in total. The molecule has 0 heterocycles. The molecule has 1 saturated carbocycles. The Labute approximate surface area is 123 Å². The second-order valence-corrected chi connectivity index (χ2v) is 6.52. The first-order chi connectivity index (χ1) is 9.57. The maximum absolute atomic E-state index is 6.16. The van der Waals surface area contributed by atoms with E-state index in [-0.39, 0.29) is 5.41 Å². The summed E-state index contributed by atoms with van der Waals surface area (Å²) in [5.74, 6) is 1.01. The van der Waals surface area contributed by atoms with Crippen molar-refractivity contribution in [1.29, 1.82) is 0 Å². The molecule has 0 spiro atoms. The van der Waals surface area contributed by atoms with Crippen LogP contribution in [0.4, 0.5) is 0 Å². The molecule has 112 valence electrons. The number of unbranched alkanes of at least 4 members (excludes halogenated alkanes) is 1. The van der Waals surface area contributed by atoms with E-state index in [1.807, 2.05) is 0 Å². The van der Waals surface area contributed by atoms with Gasteiger partial charge in [-0.2, -0.15) is 0 Å². The van der Waals surface area contributed by atoms with Crippen molar-refractivity contribution in [2.75, 3.05) is 6.54 Å². The Hall–Kier alpha value is -1.02. The summed E-state index contributed by atoms with van der Waals surface area (Å²) in [6.45, 7) is 10.0. The van der Waals surface area contributed by atoms with Crippen molar-refractivity contribution < 1.29 is 4.74 Å². The van der Waals surface area contributed by atoms with Gasteiger partial charge in [0.25, 0.3) is 0 Å². The molecule has 0 bridgehead atoms. The van der Waals surface area contributed by atoms with E-state index in [1.165, 1.54) is 24.8 Å². The monoisotopic (exact) mass is 275 g/mol. The van der Waals surface area contributed by atoms with Crippen LogP contribution in [-0.2, 0) is 6.42 Å². The van der Waals surface area contributed by atoms with Gasteiger partial charge < -0.3 is 10.1 Å². The fraction of sp³-hybridized carbons (Fsp3) is 0.667. The number of ether oxygens (including phenoxy) is 1. The molecule has 2 nitrogen and oxygen atoms in total. The summed E-state index contributed by atoms with van der Waals surface area (Å²) in [5.41, 5.74) is 1.63. The van der Waals surface area contributed by atoms with Gasteiger partial charge in [0.05, 0.1) is 0 Å². The summed E-state index contributed by atoms with van der Waals surface area (Å²) in [5, 5.41) is 3.54. The summed E-state index contributed by atoms with van der Waals surface area (Å²) in [6, 6.07) is 9.25. The minimum absolute atomic E-state index is 0.219. The van der Waals surface area contributed by atoms with E-state index in [4.69, 9.17) is 4.74 Å². The average Bonchev–Trinajstić information content (AvgIpc) is 2.45. The lowest BCUT2D eigenvalue weighted by atomic mass is 9.64. The zero-order valence-electron chi connectivity index (χ0n) is 13.4. The van der Waals surface area contributed by atoms with Gasteiger partial charge in [0.2, 0.25) is 0 Å². The molecule has 0 aliphatic heterocycles. The van der Waals surface area contributed by atoms with Gasteiger partial charge in [0, 0.05) is 17.9 Å². The van der Waals surface area contributed by atoms with E-state index in [9.17, 15) is 0 Å². The van der Waals surface area contributed by atoms with Crippen molar-refractivity contribution in [2.24, 2.45) is 5.41 Å². The normalized spacial score (nSPS) is 24.2. The van der Waals surface area contributed by atoms with E-state index < -0.39 is 0 Å². The lowest BCUT2D eigenvalue weighted by Crippen LogP contribution is -2.62. The van der Waals surface area contributed by atoms with Crippen LogP contribution in [0.15, 0.2) is 24.3 Å². The fourth-order valence-electron chi connectivity index (χ4n) is 2.96. The Morgan fingerprint density at radius 3 is 2.45 bits per heavy atom. The zero-order valence-corrected chi connectivity index (χ0v) is 13.4. The molecule has 2 unspecified atom stereocenters. The van der Waals surface area contributed by atoms with Crippen LogP contribution in [0.3, 0.4) is 0 Å². The zero-order chi connectivity index (χ0) is 14.6. The second kappa shape index (κ2) is 6.62. The van der Waals surface area contributed by atoms with Crippen molar-refractivity contribution in [3.05, 3.63) is 29.8 Å². The number of hydrogen-bond donors (Lipinski definition) is 1.